The summed E-state index contributed by atoms with van der Waals surface area (Å²) in [5.74, 6) is -0.859. The molecule has 104 valence electrons. The molecule has 1 atom stereocenters. The number of hydrogen-bond donors (Lipinski definition) is 2. The first-order valence-corrected chi connectivity index (χ1v) is 7.39. The number of nitrogens with one attached hydrogen (secondary N) is 1. The van der Waals surface area contributed by atoms with Crippen molar-refractivity contribution in [2.24, 2.45) is 0 Å². The zero-order valence-corrected chi connectivity index (χ0v) is 12.7. The van der Waals surface area contributed by atoms with Crippen molar-refractivity contribution in [3.8, 4) is 0 Å². The third-order valence-electron chi connectivity index (χ3n) is 3.23. The molecule has 1 aromatic carbocycles. The van der Waals surface area contributed by atoms with E-state index in [-0.39, 0.29) is 0 Å². The van der Waals surface area contributed by atoms with Gasteiger partial charge >= 0.3 is 5.97 Å². The summed E-state index contributed by atoms with van der Waals surface area (Å²) in [6.07, 6.45) is 0.940. The number of aliphatic carboxylic acids is 1. The summed E-state index contributed by atoms with van der Waals surface area (Å²) in [5.41, 5.74) is 0.644. The highest BCUT2D eigenvalue weighted by Crippen LogP contribution is 2.30. The first-order chi connectivity index (χ1) is 9.09. The maximum absolute atomic E-state index is 11.6. The molecule has 0 aliphatic carbocycles. The van der Waals surface area contributed by atoms with Crippen LogP contribution in [0.3, 0.4) is 0 Å². The Morgan fingerprint density at radius 1 is 1.42 bits per heavy atom. The zero-order valence-electron chi connectivity index (χ0n) is 10.4. The first-order valence-electron chi connectivity index (χ1n) is 6.22. The van der Waals surface area contributed by atoms with Crippen LogP contribution in [0.1, 0.15) is 18.0 Å². The molecule has 4 nitrogen and oxygen atoms in total. The minimum atomic E-state index is -0.859. The SMILES string of the molecule is O=C(O)C(c1cc(Br)ccc1Cl)N1CCCNCC1. The average Bonchev–Trinajstić information content (AvgIpc) is 2.62. The van der Waals surface area contributed by atoms with E-state index in [0.717, 1.165) is 30.5 Å². The van der Waals surface area contributed by atoms with Crippen molar-refractivity contribution in [2.75, 3.05) is 26.2 Å². The molecule has 2 N–H and O–H groups in total. The standard InChI is InChI=1S/C13H16BrClN2O2/c14-9-2-3-11(15)10(8-9)12(13(18)19)17-6-1-4-16-5-7-17/h2-3,8,12,16H,1,4-7H2,(H,18,19). The monoisotopic (exact) mass is 346 g/mol. The highest BCUT2D eigenvalue weighted by atomic mass is 79.9. The van der Waals surface area contributed by atoms with Crippen LogP contribution in [0.25, 0.3) is 0 Å². The van der Waals surface area contributed by atoms with Crippen LogP contribution < -0.4 is 5.32 Å². The zero-order chi connectivity index (χ0) is 13.8. The molecular formula is C13H16BrClN2O2. The normalized spacial score (nSPS) is 18.8. The third kappa shape index (κ3) is 3.69. The number of halogens is 2. The first kappa shape index (κ1) is 14.8. The lowest BCUT2D eigenvalue weighted by molar-refractivity contribution is -0.143. The lowest BCUT2D eigenvalue weighted by Crippen LogP contribution is -2.36. The topological polar surface area (TPSA) is 52.6 Å². The van der Waals surface area contributed by atoms with E-state index in [9.17, 15) is 9.90 Å². The van der Waals surface area contributed by atoms with Crippen molar-refractivity contribution in [2.45, 2.75) is 12.5 Å². The van der Waals surface area contributed by atoms with Gasteiger partial charge in [-0.1, -0.05) is 27.5 Å². The van der Waals surface area contributed by atoms with Gasteiger partial charge in [0.1, 0.15) is 6.04 Å². The van der Waals surface area contributed by atoms with Crippen molar-refractivity contribution < 1.29 is 9.90 Å². The predicted octanol–water partition coefficient (Wildman–Crippen LogP) is 2.52. The molecule has 2 rings (SSSR count). The molecule has 19 heavy (non-hydrogen) atoms. The molecule has 1 saturated heterocycles. The fourth-order valence-electron chi connectivity index (χ4n) is 2.33. The number of nitrogens with zero attached hydrogens (tertiary/aromatic N) is 1. The fourth-order valence-corrected chi connectivity index (χ4v) is 2.93. The summed E-state index contributed by atoms with van der Waals surface area (Å²) < 4.78 is 0.839. The number of carboxylic acid groups (broad SMARTS) is 1. The van der Waals surface area contributed by atoms with Gasteiger partial charge in [-0.2, -0.15) is 0 Å². The highest BCUT2D eigenvalue weighted by Gasteiger charge is 2.29. The minimum Gasteiger partial charge on any atom is -0.480 e. The summed E-state index contributed by atoms with van der Waals surface area (Å²) in [6.45, 7) is 3.19. The van der Waals surface area contributed by atoms with Crippen LogP contribution in [0.4, 0.5) is 0 Å². The van der Waals surface area contributed by atoms with Crippen molar-refractivity contribution in [3.05, 3.63) is 33.3 Å². The Hall–Kier alpha value is -0.620. The van der Waals surface area contributed by atoms with Crippen LogP contribution in [0.5, 0.6) is 0 Å². The summed E-state index contributed by atoms with van der Waals surface area (Å²) in [4.78, 5) is 13.6. The number of hydrogen-bond acceptors (Lipinski definition) is 3. The predicted molar refractivity (Wildman–Crippen MR) is 78.6 cm³/mol. The quantitative estimate of drug-likeness (QED) is 0.882. The molecule has 0 saturated carbocycles. The Morgan fingerprint density at radius 2 is 2.21 bits per heavy atom. The Bertz CT molecular complexity index is 462. The molecule has 0 radical (unpaired) electrons. The molecular weight excluding hydrogens is 332 g/mol. The fraction of sp³-hybridized carbons (Fsp3) is 0.462. The number of carbonyl (C=O) groups is 1. The lowest BCUT2D eigenvalue weighted by Gasteiger charge is -2.28. The maximum Gasteiger partial charge on any atom is 0.325 e. The molecule has 0 aromatic heterocycles. The van der Waals surface area contributed by atoms with Gasteiger partial charge in [-0.15, -0.1) is 0 Å². The van der Waals surface area contributed by atoms with E-state index in [1.54, 1.807) is 12.1 Å². The van der Waals surface area contributed by atoms with Gasteiger partial charge in [0.05, 0.1) is 0 Å². The minimum absolute atomic E-state index is 0.493. The van der Waals surface area contributed by atoms with Gasteiger partial charge in [-0.05, 0) is 31.2 Å². The van der Waals surface area contributed by atoms with E-state index >= 15 is 0 Å². The third-order valence-corrected chi connectivity index (χ3v) is 4.06. The van der Waals surface area contributed by atoms with E-state index in [1.165, 1.54) is 0 Å². The summed E-state index contributed by atoms with van der Waals surface area (Å²) in [6, 6.07) is 4.64. The van der Waals surface area contributed by atoms with Crippen LogP contribution in [0, 0.1) is 0 Å². The van der Waals surface area contributed by atoms with Gasteiger partial charge < -0.3 is 10.4 Å². The second-order valence-electron chi connectivity index (χ2n) is 4.55. The van der Waals surface area contributed by atoms with Crippen LogP contribution in [0.15, 0.2) is 22.7 Å². The molecule has 1 unspecified atom stereocenters. The Kier molecular flexibility index (Phi) is 5.21. The molecule has 0 bridgehead atoms. The maximum atomic E-state index is 11.6. The second-order valence-corrected chi connectivity index (χ2v) is 5.87. The van der Waals surface area contributed by atoms with Crippen LogP contribution in [0.2, 0.25) is 5.02 Å². The molecule has 1 aliphatic heterocycles. The van der Waals surface area contributed by atoms with Gasteiger partial charge in [0.25, 0.3) is 0 Å². The van der Waals surface area contributed by atoms with Gasteiger partial charge in [0.15, 0.2) is 0 Å². The summed E-state index contributed by atoms with van der Waals surface area (Å²) in [7, 11) is 0. The largest absolute Gasteiger partial charge is 0.480 e. The molecule has 1 aliphatic rings. The van der Waals surface area contributed by atoms with E-state index in [4.69, 9.17) is 11.6 Å². The summed E-state index contributed by atoms with van der Waals surface area (Å²) >= 11 is 9.54. The molecule has 0 spiro atoms. The van der Waals surface area contributed by atoms with E-state index in [1.807, 2.05) is 11.0 Å². The Labute approximate surface area is 125 Å². The van der Waals surface area contributed by atoms with Crippen molar-refractivity contribution in [3.63, 3.8) is 0 Å². The molecule has 1 fully saturated rings. The Balaban J connectivity index is 2.33. The molecule has 1 aromatic rings. The highest BCUT2D eigenvalue weighted by molar-refractivity contribution is 9.10. The second kappa shape index (κ2) is 6.70. The van der Waals surface area contributed by atoms with E-state index in [0.29, 0.717) is 17.1 Å². The van der Waals surface area contributed by atoms with Gasteiger partial charge in [-0.25, -0.2) is 0 Å². The number of carboxylic acids is 1. The van der Waals surface area contributed by atoms with Crippen molar-refractivity contribution in [1.82, 2.24) is 10.2 Å². The van der Waals surface area contributed by atoms with Crippen LogP contribution in [-0.4, -0.2) is 42.2 Å². The summed E-state index contributed by atoms with van der Waals surface area (Å²) in [5, 5.41) is 13.3. The van der Waals surface area contributed by atoms with Crippen molar-refractivity contribution >= 4 is 33.5 Å². The molecule has 0 amide bonds. The van der Waals surface area contributed by atoms with Gasteiger partial charge in [0.2, 0.25) is 0 Å². The smallest absolute Gasteiger partial charge is 0.325 e. The average molecular weight is 348 g/mol. The number of benzene rings is 1. The van der Waals surface area contributed by atoms with Crippen LogP contribution >= 0.6 is 27.5 Å². The van der Waals surface area contributed by atoms with Crippen LogP contribution in [-0.2, 0) is 4.79 Å². The Morgan fingerprint density at radius 3 is 2.95 bits per heavy atom. The van der Waals surface area contributed by atoms with E-state index < -0.39 is 12.0 Å². The van der Waals surface area contributed by atoms with Crippen molar-refractivity contribution in [1.29, 1.82) is 0 Å². The number of rotatable bonds is 3. The van der Waals surface area contributed by atoms with Gasteiger partial charge in [0, 0.05) is 34.7 Å². The van der Waals surface area contributed by atoms with Gasteiger partial charge in [-0.3, -0.25) is 9.69 Å². The molecule has 6 heteroatoms. The van der Waals surface area contributed by atoms with E-state index in [2.05, 4.69) is 21.2 Å². The molecule has 1 heterocycles. The lowest BCUT2D eigenvalue weighted by atomic mass is 10.0.